The van der Waals surface area contributed by atoms with Crippen molar-refractivity contribution in [2.24, 2.45) is 0 Å². The maximum Gasteiger partial charge on any atom is 0.274 e. The van der Waals surface area contributed by atoms with E-state index in [1.165, 1.54) is 6.20 Å². The molecule has 0 aliphatic carbocycles. The normalized spacial score (nSPS) is 17.1. The van der Waals surface area contributed by atoms with E-state index in [0.717, 1.165) is 19.4 Å². The monoisotopic (exact) mass is 381 g/mol. The summed E-state index contributed by atoms with van der Waals surface area (Å²) in [7, 11) is 0. The SMILES string of the molecule is O=C(NC1CCCNC1)c1n[nH]cc1NC(=O)c1c(Cl)cccc1Cl. The second kappa shape index (κ2) is 7.86. The number of anilines is 1. The van der Waals surface area contributed by atoms with Gasteiger partial charge in [-0.05, 0) is 31.5 Å². The van der Waals surface area contributed by atoms with Gasteiger partial charge in [-0.2, -0.15) is 5.10 Å². The van der Waals surface area contributed by atoms with Crippen LogP contribution in [0.5, 0.6) is 0 Å². The third kappa shape index (κ3) is 4.12. The van der Waals surface area contributed by atoms with E-state index >= 15 is 0 Å². The van der Waals surface area contributed by atoms with Crippen LogP contribution in [0, 0.1) is 0 Å². The highest BCUT2D eigenvalue weighted by Crippen LogP contribution is 2.25. The molecule has 0 radical (unpaired) electrons. The predicted molar refractivity (Wildman–Crippen MR) is 96.4 cm³/mol. The fraction of sp³-hybridized carbons (Fsp3) is 0.312. The lowest BCUT2D eigenvalue weighted by atomic mass is 10.1. The van der Waals surface area contributed by atoms with Crippen molar-refractivity contribution in [1.82, 2.24) is 20.8 Å². The first-order valence-corrected chi connectivity index (χ1v) is 8.62. The molecule has 1 aliphatic rings. The van der Waals surface area contributed by atoms with E-state index in [4.69, 9.17) is 23.2 Å². The summed E-state index contributed by atoms with van der Waals surface area (Å²) in [5, 5.41) is 15.8. The highest BCUT2D eigenvalue weighted by Gasteiger charge is 2.22. The van der Waals surface area contributed by atoms with Crippen molar-refractivity contribution in [3.05, 3.63) is 45.7 Å². The summed E-state index contributed by atoms with van der Waals surface area (Å²) < 4.78 is 0. The molecule has 1 saturated heterocycles. The highest BCUT2D eigenvalue weighted by molar-refractivity contribution is 6.40. The van der Waals surface area contributed by atoms with Gasteiger partial charge in [-0.25, -0.2) is 0 Å². The first kappa shape index (κ1) is 17.7. The van der Waals surface area contributed by atoms with Crippen molar-refractivity contribution in [2.75, 3.05) is 18.4 Å². The van der Waals surface area contributed by atoms with Gasteiger partial charge < -0.3 is 16.0 Å². The summed E-state index contributed by atoms with van der Waals surface area (Å²) >= 11 is 12.1. The predicted octanol–water partition coefficient (Wildman–Crippen LogP) is 2.45. The summed E-state index contributed by atoms with van der Waals surface area (Å²) in [6.45, 7) is 1.67. The molecule has 4 N–H and O–H groups in total. The summed E-state index contributed by atoms with van der Waals surface area (Å²) in [5.74, 6) is -0.860. The van der Waals surface area contributed by atoms with Crippen LogP contribution < -0.4 is 16.0 Å². The largest absolute Gasteiger partial charge is 0.347 e. The molecule has 1 fully saturated rings. The fourth-order valence-corrected chi connectivity index (χ4v) is 3.26. The number of hydrogen-bond acceptors (Lipinski definition) is 4. The Balaban J connectivity index is 1.73. The number of aromatic nitrogens is 2. The Bertz CT molecular complexity index is 766. The third-order valence-electron chi connectivity index (χ3n) is 3.93. The Morgan fingerprint density at radius 2 is 1.96 bits per heavy atom. The average molecular weight is 382 g/mol. The van der Waals surface area contributed by atoms with E-state index in [-0.39, 0.29) is 38.9 Å². The van der Waals surface area contributed by atoms with Crippen LogP contribution in [-0.2, 0) is 0 Å². The molecule has 3 rings (SSSR count). The Morgan fingerprint density at radius 3 is 2.64 bits per heavy atom. The van der Waals surface area contributed by atoms with E-state index in [1.54, 1.807) is 18.2 Å². The molecule has 0 spiro atoms. The van der Waals surface area contributed by atoms with Crippen molar-refractivity contribution in [1.29, 1.82) is 0 Å². The number of piperidine rings is 1. The van der Waals surface area contributed by atoms with Crippen LogP contribution in [0.15, 0.2) is 24.4 Å². The van der Waals surface area contributed by atoms with Gasteiger partial charge >= 0.3 is 0 Å². The Labute approximate surface area is 154 Å². The van der Waals surface area contributed by atoms with E-state index in [1.807, 2.05) is 0 Å². The first-order valence-electron chi connectivity index (χ1n) is 7.87. The van der Waals surface area contributed by atoms with Crippen LogP contribution in [0.25, 0.3) is 0 Å². The average Bonchev–Trinajstić information content (AvgIpc) is 3.04. The van der Waals surface area contributed by atoms with Crippen LogP contribution >= 0.6 is 23.2 Å². The smallest absolute Gasteiger partial charge is 0.274 e. The molecule has 9 heteroatoms. The summed E-state index contributed by atoms with van der Waals surface area (Å²) in [6, 6.07) is 4.83. The number of rotatable bonds is 4. The third-order valence-corrected chi connectivity index (χ3v) is 4.56. The van der Waals surface area contributed by atoms with Crippen molar-refractivity contribution in [2.45, 2.75) is 18.9 Å². The Morgan fingerprint density at radius 1 is 1.20 bits per heavy atom. The van der Waals surface area contributed by atoms with Gasteiger partial charge in [0.05, 0.1) is 21.3 Å². The zero-order chi connectivity index (χ0) is 17.8. The van der Waals surface area contributed by atoms with Crippen LogP contribution in [0.2, 0.25) is 10.0 Å². The van der Waals surface area contributed by atoms with Crippen molar-refractivity contribution in [3.8, 4) is 0 Å². The van der Waals surface area contributed by atoms with Gasteiger partial charge in [0.25, 0.3) is 11.8 Å². The van der Waals surface area contributed by atoms with Gasteiger partial charge in [-0.15, -0.1) is 0 Å². The molecule has 1 atom stereocenters. The van der Waals surface area contributed by atoms with Gasteiger partial charge in [0.2, 0.25) is 0 Å². The molecule has 0 saturated carbocycles. The maximum atomic E-state index is 12.5. The molecule has 132 valence electrons. The zero-order valence-electron chi connectivity index (χ0n) is 13.2. The molecule has 2 aromatic rings. The first-order chi connectivity index (χ1) is 12.1. The molecule has 7 nitrogen and oxygen atoms in total. The minimum atomic E-state index is -0.509. The molecular formula is C16H17Cl2N5O2. The van der Waals surface area contributed by atoms with E-state index in [9.17, 15) is 9.59 Å². The van der Waals surface area contributed by atoms with E-state index in [0.29, 0.717) is 6.54 Å². The number of benzene rings is 1. The molecule has 2 heterocycles. The van der Waals surface area contributed by atoms with Crippen LogP contribution in [0.3, 0.4) is 0 Å². The standard InChI is InChI=1S/C16H17Cl2N5O2/c17-10-4-1-5-11(18)13(10)15(24)22-12-8-20-23-14(12)16(25)21-9-3-2-6-19-7-9/h1,4-5,8-9,19H,2-3,6-7H2,(H,20,23)(H,21,25)(H,22,24). The van der Waals surface area contributed by atoms with Crippen LogP contribution in [0.4, 0.5) is 5.69 Å². The minimum absolute atomic E-state index is 0.0412. The van der Waals surface area contributed by atoms with Crippen molar-refractivity contribution >= 4 is 40.7 Å². The van der Waals surface area contributed by atoms with E-state index in [2.05, 4.69) is 26.1 Å². The number of hydrogen-bond donors (Lipinski definition) is 4. The van der Waals surface area contributed by atoms with Crippen molar-refractivity contribution < 1.29 is 9.59 Å². The van der Waals surface area contributed by atoms with Crippen LogP contribution in [0.1, 0.15) is 33.7 Å². The topological polar surface area (TPSA) is 98.9 Å². The Hall–Kier alpha value is -2.09. The lowest BCUT2D eigenvalue weighted by molar-refractivity contribution is 0.0926. The molecule has 1 aliphatic heterocycles. The summed E-state index contributed by atoms with van der Waals surface area (Å²) in [4.78, 5) is 24.9. The van der Waals surface area contributed by atoms with E-state index < -0.39 is 5.91 Å². The number of carbonyl (C=O) groups excluding carboxylic acids is 2. The number of nitrogens with zero attached hydrogens (tertiary/aromatic N) is 1. The lowest BCUT2D eigenvalue weighted by Gasteiger charge is -2.23. The molecule has 1 aromatic heterocycles. The van der Waals surface area contributed by atoms with Crippen molar-refractivity contribution in [3.63, 3.8) is 0 Å². The summed E-state index contributed by atoms with van der Waals surface area (Å²) in [5.41, 5.74) is 0.527. The van der Waals surface area contributed by atoms with Gasteiger partial charge in [0.15, 0.2) is 5.69 Å². The molecule has 2 amide bonds. The second-order valence-electron chi connectivity index (χ2n) is 5.72. The van der Waals surface area contributed by atoms with Gasteiger partial charge in [-0.3, -0.25) is 14.7 Å². The number of H-pyrrole nitrogens is 1. The molecule has 1 aromatic carbocycles. The van der Waals surface area contributed by atoms with Crippen LogP contribution in [-0.4, -0.2) is 41.1 Å². The highest BCUT2D eigenvalue weighted by atomic mass is 35.5. The molecule has 25 heavy (non-hydrogen) atoms. The molecule has 1 unspecified atom stereocenters. The van der Waals surface area contributed by atoms with Gasteiger partial charge in [-0.1, -0.05) is 29.3 Å². The Kier molecular flexibility index (Phi) is 5.57. The maximum absolute atomic E-state index is 12.5. The van der Waals surface area contributed by atoms with Gasteiger partial charge in [0.1, 0.15) is 0 Å². The number of carbonyl (C=O) groups is 2. The van der Waals surface area contributed by atoms with Gasteiger partial charge in [0, 0.05) is 18.8 Å². The number of amides is 2. The minimum Gasteiger partial charge on any atom is -0.347 e. The molecule has 0 bridgehead atoms. The fourth-order valence-electron chi connectivity index (χ4n) is 2.69. The number of halogens is 2. The lowest BCUT2D eigenvalue weighted by Crippen LogP contribution is -2.45. The quantitative estimate of drug-likeness (QED) is 0.653. The number of nitrogens with one attached hydrogen (secondary N) is 4. The molecular weight excluding hydrogens is 365 g/mol. The number of aromatic amines is 1. The summed E-state index contributed by atoms with van der Waals surface area (Å²) in [6.07, 6.45) is 3.34. The second-order valence-corrected chi connectivity index (χ2v) is 6.53. The zero-order valence-corrected chi connectivity index (χ0v) is 14.7.